The summed E-state index contributed by atoms with van der Waals surface area (Å²) in [5, 5.41) is 0.720. The molecule has 2 fully saturated rings. The molecule has 1 saturated heterocycles. The zero-order valence-corrected chi connectivity index (χ0v) is 25.2. The van der Waals surface area contributed by atoms with Crippen LogP contribution < -0.4 is 0 Å². The van der Waals surface area contributed by atoms with Gasteiger partial charge in [-0.25, -0.2) is 14.8 Å². The van der Waals surface area contributed by atoms with Gasteiger partial charge in [0.25, 0.3) is 0 Å². The highest BCUT2D eigenvalue weighted by molar-refractivity contribution is 6.30. The van der Waals surface area contributed by atoms with Gasteiger partial charge in [0.2, 0.25) is 0 Å². The molecule has 0 bridgehead atoms. The zero-order chi connectivity index (χ0) is 29.3. The lowest BCUT2D eigenvalue weighted by Crippen LogP contribution is -2.37. The molecule has 0 N–H and O–H groups in total. The minimum absolute atomic E-state index is 0.362. The van der Waals surface area contributed by atoms with Gasteiger partial charge in [0.1, 0.15) is 11.6 Å². The molecule has 0 radical (unpaired) electrons. The summed E-state index contributed by atoms with van der Waals surface area (Å²) < 4.78 is 15.2. The topological polar surface area (TPSA) is 74.4 Å². The number of morpholine rings is 1. The number of halogens is 1. The maximum atomic E-state index is 12.3. The number of aromatic nitrogens is 4. The normalized spacial score (nSPS) is 16.4. The van der Waals surface area contributed by atoms with Crippen molar-refractivity contribution in [1.82, 2.24) is 24.0 Å². The number of esters is 1. The summed E-state index contributed by atoms with van der Waals surface area (Å²) in [6.07, 6.45) is 5.79. The van der Waals surface area contributed by atoms with E-state index in [1.165, 1.54) is 20.0 Å². The quantitative estimate of drug-likeness (QED) is 0.179. The largest absolute Gasteiger partial charge is 0.465 e. The number of ether oxygens (including phenoxy) is 2. The SMILES string of the molecule is COC(=O)c1ccc2c(c1)nc(-c1ccc3c(c1)nc(-c1ccc(Cl)cc1)n3C1CCCC1)n2CCCN1CCOCC1. The van der Waals surface area contributed by atoms with Gasteiger partial charge in [-0.3, -0.25) is 4.90 Å². The van der Waals surface area contributed by atoms with Crippen molar-refractivity contribution in [1.29, 1.82) is 0 Å². The maximum absolute atomic E-state index is 12.3. The molecular formula is C34H36ClN5O3. The molecule has 5 aromatic rings. The summed E-state index contributed by atoms with van der Waals surface area (Å²) in [6, 6.07) is 20.6. The molecule has 8 nitrogen and oxygen atoms in total. The number of hydrogen-bond donors (Lipinski definition) is 0. The fraction of sp³-hybridized carbons (Fsp3) is 0.382. The van der Waals surface area contributed by atoms with E-state index in [1.54, 1.807) is 0 Å². The van der Waals surface area contributed by atoms with Gasteiger partial charge < -0.3 is 18.6 Å². The van der Waals surface area contributed by atoms with Crippen molar-refractivity contribution in [3.05, 3.63) is 71.2 Å². The maximum Gasteiger partial charge on any atom is 0.337 e. The molecule has 1 saturated carbocycles. The van der Waals surface area contributed by atoms with E-state index in [2.05, 4.69) is 44.4 Å². The van der Waals surface area contributed by atoms with E-state index >= 15 is 0 Å². The molecule has 3 heterocycles. The molecule has 9 heteroatoms. The predicted octanol–water partition coefficient (Wildman–Crippen LogP) is 7.00. The molecule has 7 rings (SSSR count). The van der Waals surface area contributed by atoms with Gasteiger partial charge in [0, 0.05) is 48.4 Å². The molecule has 0 atom stereocenters. The number of benzene rings is 3. The van der Waals surface area contributed by atoms with Crippen LogP contribution in [-0.4, -0.2) is 69.9 Å². The van der Waals surface area contributed by atoms with E-state index in [0.717, 1.165) is 109 Å². The summed E-state index contributed by atoms with van der Waals surface area (Å²) in [4.78, 5) is 25.0. The third kappa shape index (κ3) is 5.55. The first-order valence-corrected chi connectivity index (χ1v) is 15.6. The average molecular weight is 598 g/mol. The summed E-state index contributed by atoms with van der Waals surface area (Å²) in [7, 11) is 1.40. The van der Waals surface area contributed by atoms with Crippen LogP contribution in [0.15, 0.2) is 60.7 Å². The van der Waals surface area contributed by atoms with Gasteiger partial charge in [-0.15, -0.1) is 0 Å². The predicted molar refractivity (Wildman–Crippen MR) is 170 cm³/mol. The summed E-state index contributed by atoms with van der Waals surface area (Å²) in [5.41, 5.74) is 6.46. The summed E-state index contributed by atoms with van der Waals surface area (Å²) in [6.45, 7) is 5.33. The standard InChI is InChI=1S/C34H36ClN5O3/c1-42-34(41)25-10-13-30-28(22-25)36-32(39(30)16-4-15-38-17-19-43-20-18-38)24-9-14-31-29(21-24)37-33(23-7-11-26(35)12-8-23)40(31)27-5-2-3-6-27/h7-14,21-22,27H,2-6,15-20H2,1H3. The number of methoxy groups -OCH3 is 1. The van der Waals surface area contributed by atoms with Crippen LogP contribution in [0.1, 0.15) is 48.5 Å². The number of aryl methyl sites for hydroxylation is 1. The number of hydrogen-bond acceptors (Lipinski definition) is 6. The summed E-state index contributed by atoms with van der Waals surface area (Å²) >= 11 is 6.23. The van der Waals surface area contributed by atoms with Gasteiger partial charge >= 0.3 is 5.97 Å². The van der Waals surface area contributed by atoms with E-state index in [0.29, 0.717) is 11.6 Å². The van der Waals surface area contributed by atoms with Crippen LogP contribution in [-0.2, 0) is 16.0 Å². The highest BCUT2D eigenvalue weighted by Gasteiger charge is 2.24. The molecule has 1 aliphatic carbocycles. The third-order valence-corrected chi connectivity index (χ3v) is 9.12. The molecular weight excluding hydrogens is 562 g/mol. The fourth-order valence-electron chi connectivity index (χ4n) is 6.67. The number of carbonyl (C=O) groups excluding carboxylic acids is 1. The lowest BCUT2D eigenvalue weighted by atomic mass is 10.1. The highest BCUT2D eigenvalue weighted by atomic mass is 35.5. The lowest BCUT2D eigenvalue weighted by Gasteiger charge is -2.26. The molecule has 0 amide bonds. The smallest absolute Gasteiger partial charge is 0.337 e. The van der Waals surface area contributed by atoms with E-state index in [1.807, 2.05) is 30.3 Å². The Labute approximate surface area is 256 Å². The van der Waals surface area contributed by atoms with Gasteiger partial charge in [-0.1, -0.05) is 24.4 Å². The molecule has 1 aliphatic heterocycles. The molecule has 222 valence electrons. The molecule has 0 unspecified atom stereocenters. The molecule has 0 spiro atoms. The molecule has 43 heavy (non-hydrogen) atoms. The zero-order valence-electron chi connectivity index (χ0n) is 24.5. The third-order valence-electron chi connectivity index (χ3n) is 8.87. The van der Waals surface area contributed by atoms with Crippen LogP contribution in [0.4, 0.5) is 0 Å². The van der Waals surface area contributed by atoms with E-state index in [9.17, 15) is 4.79 Å². The first-order chi connectivity index (χ1) is 21.1. The van der Waals surface area contributed by atoms with Gasteiger partial charge in [-0.2, -0.15) is 0 Å². The Bertz CT molecular complexity index is 1760. The summed E-state index contributed by atoms with van der Waals surface area (Å²) in [5.74, 6) is 1.50. The van der Waals surface area contributed by atoms with Crippen LogP contribution in [0.25, 0.3) is 44.8 Å². The Morgan fingerprint density at radius 3 is 2.35 bits per heavy atom. The van der Waals surface area contributed by atoms with Crippen molar-refractivity contribution >= 4 is 39.6 Å². The van der Waals surface area contributed by atoms with Gasteiger partial charge in [0.15, 0.2) is 0 Å². The fourth-order valence-corrected chi connectivity index (χ4v) is 6.80. The van der Waals surface area contributed by atoms with Crippen LogP contribution in [0.5, 0.6) is 0 Å². The second-order valence-electron chi connectivity index (χ2n) is 11.5. The van der Waals surface area contributed by atoms with Crippen molar-refractivity contribution in [2.24, 2.45) is 0 Å². The lowest BCUT2D eigenvalue weighted by molar-refractivity contribution is 0.0370. The van der Waals surface area contributed by atoms with Crippen molar-refractivity contribution in [2.75, 3.05) is 40.0 Å². The molecule has 3 aromatic carbocycles. The monoisotopic (exact) mass is 597 g/mol. The Morgan fingerprint density at radius 2 is 1.58 bits per heavy atom. The Balaban J connectivity index is 1.30. The number of carbonyl (C=O) groups is 1. The second-order valence-corrected chi connectivity index (χ2v) is 12.0. The average Bonchev–Trinajstić information content (AvgIpc) is 3.78. The molecule has 2 aromatic heterocycles. The van der Waals surface area contributed by atoms with Crippen molar-refractivity contribution in [2.45, 2.75) is 44.7 Å². The Hall–Kier alpha value is -3.72. The van der Waals surface area contributed by atoms with E-state index in [-0.39, 0.29) is 5.97 Å². The van der Waals surface area contributed by atoms with Gasteiger partial charge in [-0.05, 0) is 79.9 Å². The van der Waals surface area contributed by atoms with Gasteiger partial charge in [0.05, 0.1) is 48.0 Å². The molecule has 2 aliphatic rings. The van der Waals surface area contributed by atoms with Crippen molar-refractivity contribution in [3.8, 4) is 22.8 Å². The van der Waals surface area contributed by atoms with Crippen molar-refractivity contribution in [3.63, 3.8) is 0 Å². The minimum Gasteiger partial charge on any atom is -0.465 e. The number of rotatable bonds is 8. The number of imidazole rings is 2. The second kappa shape index (κ2) is 12.1. The van der Waals surface area contributed by atoms with Crippen LogP contribution >= 0.6 is 11.6 Å². The van der Waals surface area contributed by atoms with Crippen LogP contribution in [0, 0.1) is 0 Å². The number of nitrogens with zero attached hydrogens (tertiary/aromatic N) is 5. The van der Waals surface area contributed by atoms with Crippen LogP contribution in [0.3, 0.4) is 0 Å². The van der Waals surface area contributed by atoms with E-state index in [4.69, 9.17) is 31.0 Å². The minimum atomic E-state index is -0.362. The van der Waals surface area contributed by atoms with Crippen molar-refractivity contribution < 1.29 is 14.3 Å². The first-order valence-electron chi connectivity index (χ1n) is 15.3. The Kier molecular flexibility index (Phi) is 7.91. The Morgan fingerprint density at radius 1 is 0.884 bits per heavy atom. The van der Waals surface area contributed by atoms with Crippen LogP contribution in [0.2, 0.25) is 5.02 Å². The first kappa shape index (κ1) is 28.1. The number of fused-ring (bicyclic) bond motifs is 2. The van der Waals surface area contributed by atoms with E-state index < -0.39 is 0 Å². The highest BCUT2D eigenvalue weighted by Crippen LogP contribution is 2.38.